The van der Waals surface area contributed by atoms with Gasteiger partial charge in [-0.25, -0.2) is 9.37 Å². The predicted octanol–water partition coefficient (Wildman–Crippen LogP) is 4.33. The van der Waals surface area contributed by atoms with Crippen LogP contribution < -0.4 is 20.3 Å². The summed E-state index contributed by atoms with van der Waals surface area (Å²) in [5.41, 5.74) is 1.62. The summed E-state index contributed by atoms with van der Waals surface area (Å²) in [6.07, 6.45) is 0. The zero-order valence-corrected chi connectivity index (χ0v) is 19.4. The van der Waals surface area contributed by atoms with Crippen LogP contribution in [0.25, 0.3) is 10.9 Å². The molecule has 1 heterocycles. The Bertz CT molecular complexity index is 1390. The molecule has 7 nitrogen and oxygen atoms in total. The summed E-state index contributed by atoms with van der Waals surface area (Å²) >= 11 is 1.15. The third-order valence-corrected chi connectivity index (χ3v) is 6.06. The monoisotopic (exact) mass is 479 g/mol. The maximum atomic E-state index is 13.3. The van der Waals surface area contributed by atoms with E-state index in [1.807, 2.05) is 0 Å². The number of carbonyl (C=O) groups is 1. The van der Waals surface area contributed by atoms with E-state index in [1.165, 1.54) is 30.9 Å². The highest BCUT2D eigenvalue weighted by molar-refractivity contribution is 7.99. The molecule has 0 aliphatic rings. The van der Waals surface area contributed by atoms with Gasteiger partial charge in [-0.1, -0.05) is 36.0 Å². The number of anilines is 1. The van der Waals surface area contributed by atoms with Crippen LogP contribution in [0.1, 0.15) is 5.56 Å². The summed E-state index contributed by atoms with van der Waals surface area (Å²) in [5.74, 6) is 0.460. The van der Waals surface area contributed by atoms with Crippen LogP contribution in [-0.4, -0.2) is 35.4 Å². The lowest BCUT2D eigenvalue weighted by Crippen LogP contribution is -2.25. The lowest BCUT2D eigenvalue weighted by Gasteiger charge is -2.14. The first-order chi connectivity index (χ1) is 16.5. The van der Waals surface area contributed by atoms with Crippen LogP contribution in [0.2, 0.25) is 0 Å². The third-order valence-electron chi connectivity index (χ3n) is 5.08. The topological polar surface area (TPSA) is 82.5 Å². The van der Waals surface area contributed by atoms with Crippen LogP contribution in [-0.2, 0) is 11.3 Å². The van der Waals surface area contributed by atoms with Gasteiger partial charge in [-0.3, -0.25) is 14.2 Å². The Balaban J connectivity index is 1.57. The number of carbonyl (C=O) groups excluding carboxylic acids is 1. The normalized spacial score (nSPS) is 10.8. The van der Waals surface area contributed by atoms with E-state index in [1.54, 1.807) is 54.6 Å². The number of ether oxygens (including phenoxy) is 2. The van der Waals surface area contributed by atoms with Crippen LogP contribution in [0.5, 0.6) is 11.5 Å². The van der Waals surface area contributed by atoms with Crippen molar-refractivity contribution in [2.45, 2.75) is 11.7 Å². The van der Waals surface area contributed by atoms with E-state index in [2.05, 4.69) is 10.3 Å². The Hall–Kier alpha value is -3.85. The maximum absolute atomic E-state index is 13.3. The number of amides is 1. The number of para-hydroxylation sites is 1. The molecule has 0 unspecified atom stereocenters. The molecule has 174 valence electrons. The average molecular weight is 480 g/mol. The second-order valence-corrected chi connectivity index (χ2v) is 8.28. The minimum absolute atomic E-state index is 0.0303. The van der Waals surface area contributed by atoms with Gasteiger partial charge >= 0.3 is 0 Å². The Kier molecular flexibility index (Phi) is 7.12. The number of fused-ring (bicyclic) bond motifs is 1. The smallest absolute Gasteiger partial charge is 0.262 e. The Morgan fingerprint density at radius 2 is 1.76 bits per heavy atom. The Morgan fingerprint density at radius 1 is 1.03 bits per heavy atom. The number of halogens is 1. The lowest BCUT2D eigenvalue weighted by molar-refractivity contribution is -0.113. The van der Waals surface area contributed by atoms with Crippen LogP contribution in [0, 0.1) is 5.82 Å². The molecule has 0 spiro atoms. The van der Waals surface area contributed by atoms with Crippen LogP contribution in [0.3, 0.4) is 0 Å². The molecule has 0 atom stereocenters. The van der Waals surface area contributed by atoms with Crippen molar-refractivity contribution in [1.82, 2.24) is 9.55 Å². The van der Waals surface area contributed by atoms with Gasteiger partial charge in [0.05, 0.1) is 37.4 Å². The molecule has 1 aromatic heterocycles. The number of benzene rings is 3. The van der Waals surface area contributed by atoms with Gasteiger partial charge in [-0.15, -0.1) is 0 Å². The first-order valence-electron chi connectivity index (χ1n) is 10.4. The number of aromatic nitrogens is 2. The SMILES string of the molecule is COc1ccc(NC(=O)CSc2nc3ccccc3c(=O)n2Cc2ccc(F)cc2)cc1OC. The molecule has 0 radical (unpaired) electrons. The summed E-state index contributed by atoms with van der Waals surface area (Å²) in [7, 11) is 3.06. The molecule has 0 aliphatic heterocycles. The van der Waals surface area contributed by atoms with Gasteiger partial charge in [0.1, 0.15) is 5.82 Å². The van der Waals surface area contributed by atoms with E-state index >= 15 is 0 Å². The molecule has 0 fully saturated rings. The molecule has 1 N–H and O–H groups in total. The highest BCUT2D eigenvalue weighted by Gasteiger charge is 2.15. The molecule has 9 heteroatoms. The van der Waals surface area contributed by atoms with E-state index in [9.17, 15) is 14.0 Å². The molecule has 0 aliphatic carbocycles. The first-order valence-corrected chi connectivity index (χ1v) is 11.4. The fraction of sp³-hybridized carbons (Fsp3) is 0.160. The van der Waals surface area contributed by atoms with Crippen molar-refractivity contribution >= 4 is 34.3 Å². The summed E-state index contributed by atoms with van der Waals surface area (Å²) < 4.78 is 25.3. The summed E-state index contributed by atoms with van der Waals surface area (Å²) in [6.45, 7) is 0.205. The van der Waals surface area contributed by atoms with Crippen LogP contribution >= 0.6 is 11.8 Å². The molecule has 1 amide bonds. The number of methoxy groups -OCH3 is 2. The summed E-state index contributed by atoms with van der Waals surface area (Å²) in [5, 5.41) is 3.69. The molecule has 0 bridgehead atoms. The van der Waals surface area contributed by atoms with Gasteiger partial charge < -0.3 is 14.8 Å². The summed E-state index contributed by atoms with van der Waals surface area (Å²) in [6, 6.07) is 18.1. The van der Waals surface area contributed by atoms with E-state index in [-0.39, 0.29) is 29.6 Å². The van der Waals surface area contributed by atoms with E-state index in [0.717, 1.165) is 17.3 Å². The number of nitrogens with one attached hydrogen (secondary N) is 1. The third kappa shape index (κ3) is 5.20. The standard InChI is InChI=1S/C25H22FN3O4S/c1-32-21-12-11-18(13-22(21)33-2)27-23(30)15-34-25-28-20-6-4-3-5-19(20)24(31)29(25)14-16-7-9-17(26)10-8-16/h3-13H,14-15H2,1-2H3,(H,27,30). The quantitative estimate of drug-likeness (QED) is 0.299. The van der Waals surface area contributed by atoms with Crippen LogP contribution in [0.15, 0.2) is 76.7 Å². The van der Waals surface area contributed by atoms with Crippen LogP contribution in [0.4, 0.5) is 10.1 Å². The predicted molar refractivity (Wildman–Crippen MR) is 130 cm³/mol. The van der Waals surface area contributed by atoms with Gasteiger partial charge in [0.25, 0.3) is 5.56 Å². The Morgan fingerprint density at radius 3 is 2.50 bits per heavy atom. The fourth-order valence-corrected chi connectivity index (χ4v) is 4.21. The van der Waals surface area contributed by atoms with Gasteiger partial charge in [0.15, 0.2) is 16.7 Å². The Labute approximate surface area is 199 Å². The average Bonchev–Trinajstić information content (AvgIpc) is 2.85. The van der Waals surface area contributed by atoms with Crippen molar-refractivity contribution in [2.24, 2.45) is 0 Å². The van der Waals surface area contributed by atoms with Crippen molar-refractivity contribution < 1.29 is 18.7 Å². The zero-order valence-electron chi connectivity index (χ0n) is 18.6. The van der Waals surface area contributed by atoms with Gasteiger partial charge in [-0.05, 0) is 42.0 Å². The number of hydrogen-bond donors (Lipinski definition) is 1. The van der Waals surface area contributed by atoms with E-state index < -0.39 is 0 Å². The highest BCUT2D eigenvalue weighted by Crippen LogP contribution is 2.30. The number of rotatable bonds is 8. The molecule has 0 saturated heterocycles. The largest absolute Gasteiger partial charge is 0.493 e. The molecule has 0 saturated carbocycles. The van der Waals surface area contributed by atoms with Crippen molar-refractivity contribution in [2.75, 3.05) is 25.3 Å². The van der Waals surface area contributed by atoms with Gasteiger partial charge in [-0.2, -0.15) is 0 Å². The minimum Gasteiger partial charge on any atom is -0.493 e. The minimum atomic E-state index is -0.353. The zero-order chi connectivity index (χ0) is 24.1. The first kappa shape index (κ1) is 23.3. The molecular weight excluding hydrogens is 457 g/mol. The van der Waals surface area contributed by atoms with Gasteiger partial charge in [0.2, 0.25) is 5.91 Å². The van der Waals surface area contributed by atoms with E-state index in [4.69, 9.17) is 9.47 Å². The maximum Gasteiger partial charge on any atom is 0.262 e. The second-order valence-electron chi connectivity index (χ2n) is 7.34. The van der Waals surface area contributed by atoms with Crippen molar-refractivity contribution in [1.29, 1.82) is 0 Å². The molecular formula is C25H22FN3O4S. The van der Waals surface area contributed by atoms with Gasteiger partial charge in [0, 0.05) is 11.8 Å². The molecule has 4 rings (SSSR count). The van der Waals surface area contributed by atoms with Crippen molar-refractivity contribution in [3.63, 3.8) is 0 Å². The molecule has 3 aromatic carbocycles. The molecule has 4 aromatic rings. The number of hydrogen-bond acceptors (Lipinski definition) is 6. The van der Waals surface area contributed by atoms with Crippen molar-refractivity contribution in [3.8, 4) is 11.5 Å². The highest BCUT2D eigenvalue weighted by atomic mass is 32.2. The summed E-state index contributed by atoms with van der Waals surface area (Å²) in [4.78, 5) is 30.4. The lowest BCUT2D eigenvalue weighted by atomic mass is 10.2. The fourth-order valence-electron chi connectivity index (χ4n) is 3.41. The van der Waals surface area contributed by atoms with Crippen molar-refractivity contribution in [3.05, 3.63) is 88.5 Å². The molecule has 34 heavy (non-hydrogen) atoms. The second kappa shape index (κ2) is 10.4. The number of nitrogens with zero attached hydrogens (tertiary/aromatic N) is 2. The van der Waals surface area contributed by atoms with E-state index in [0.29, 0.717) is 33.2 Å². The number of thioether (sulfide) groups is 1.